The average Bonchev–Trinajstić information content (AvgIpc) is 1.98. The molecule has 0 saturated carbocycles. The predicted octanol–water partition coefficient (Wildman–Crippen LogP) is 3.91. The van der Waals surface area contributed by atoms with Gasteiger partial charge in [-0.05, 0) is 12.8 Å². The van der Waals surface area contributed by atoms with Gasteiger partial charge in [0.2, 0.25) is 0 Å². The fraction of sp³-hybridized carbons (Fsp3) is 0.778. The first-order chi connectivity index (χ1) is 4.85. The molecule has 0 N–H and O–H groups in total. The summed E-state index contributed by atoms with van der Waals surface area (Å²) in [5.41, 5.74) is 1.56. The zero-order chi connectivity index (χ0) is 7.82. The molecular formula is C9H17Br. The third-order valence-corrected chi connectivity index (χ3v) is 2.18. The molecule has 0 aromatic heterocycles. The van der Waals surface area contributed by atoms with Gasteiger partial charge in [0.05, 0.1) is 0 Å². The maximum atomic E-state index is 3.48. The second kappa shape index (κ2) is 7.33. The van der Waals surface area contributed by atoms with Crippen molar-refractivity contribution in [3.63, 3.8) is 0 Å². The SMILES string of the molecule is CCCC=C(CBr)CCC. The van der Waals surface area contributed by atoms with Crippen LogP contribution in [0.4, 0.5) is 0 Å². The van der Waals surface area contributed by atoms with Crippen LogP contribution in [0.3, 0.4) is 0 Å². The minimum absolute atomic E-state index is 1.06. The van der Waals surface area contributed by atoms with Gasteiger partial charge in [0.1, 0.15) is 0 Å². The van der Waals surface area contributed by atoms with Gasteiger partial charge in [-0.2, -0.15) is 0 Å². The highest BCUT2D eigenvalue weighted by molar-refractivity contribution is 9.09. The number of unbranched alkanes of at least 4 members (excludes halogenated alkanes) is 1. The van der Waals surface area contributed by atoms with E-state index in [2.05, 4.69) is 35.9 Å². The van der Waals surface area contributed by atoms with Crippen molar-refractivity contribution in [2.45, 2.75) is 39.5 Å². The number of halogens is 1. The minimum Gasteiger partial charge on any atom is -0.0880 e. The number of hydrogen-bond acceptors (Lipinski definition) is 0. The molecule has 10 heavy (non-hydrogen) atoms. The van der Waals surface area contributed by atoms with E-state index in [4.69, 9.17) is 0 Å². The lowest BCUT2D eigenvalue weighted by Crippen LogP contribution is -1.83. The van der Waals surface area contributed by atoms with Crippen molar-refractivity contribution in [2.75, 3.05) is 5.33 Å². The van der Waals surface area contributed by atoms with Crippen LogP contribution in [0.5, 0.6) is 0 Å². The smallest absolute Gasteiger partial charge is 0.0241 e. The molecular weight excluding hydrogens is 188 g/mol. The fourth-order valence-electron chi connectivity index (χ4n) is 0.893. The molecule has 0 aliphatic carbocycles. The summed E-state index contributed by atoms with van der Waals surface area (Å²) in [6.07, 6.45) is 7.38. The summed E-state index contributed by atoms with van der Waals surface area (Å²) in [4.78, 5) is 0. The van der Waals surface area contributed by atoms with Crippen molar-refractivity contribution in [2.24, 2.45) is 0 Å². The topological polar surface area (TPSA) is 0 Å². The second-order valence-electron chi connectivity index (χ2n) is 2.53. The standard InChI is InChI=1S/C9H17Br/c1-3-5-7-9(8-10)6-4-2/h7H,3-6,8H2,1-2H3. The summed E-state index contributed by atoms with van der Waals surface area (Å²) in [5.74, 6) is 0. The third kappa shape index (κ3) is 5.04. The van der Waals surface area contributed by atoms with Gasteiger partial charge in [-0.25, -0.2) is 0 Å². The molecule has 0 rings (SSSR count). The first-order valence-electron chi connectivity index (χ1n) is 4.09. The van der Waals surface area contributed by atoms with Crippen LogP contribution in [-0.2, 0) is 0 Å². The van der Waals surface area contributed by atoms with Crippen LogP contribution < -0.4 is 0 Å². The Morgan fingerprint density at radius 2 is 2.00 bits per heavy atom. The molecule has 0 atom stereocenters. The first kappa shape index (κ1) is 10.2. The van der Waals surface area contributed by atoms with Crippen LogP contribution in [0.2, 0.25) is 0 Å². The van der Waals surface area contributed by atoms with E-state index in [0.29, 0.717) is 0 Å². The van der Waals surface area contributed by atoms with Crippen molar-refractivity contribution in [1.29, 1.82) is 0 Å². The van der Waals surface area contributed by atoms with Gasteiger partial charge in [-0.1, -0.05) is 54.3 Å². The number of alkyl halides is 1. The van der Waals surface area contributed by atoms with Crippen molar-refractivity contribution in [3.05, 3.63) is 11.6 Å². The highest BCUT2D eigenvalue weighted by Crippen LogP contribution is 2.09. The van der Waals surface area contributed by atoms with Crippen LogP contribution in [0.1, 0.15) is 39.5 Å². The molecule has 0 aromatic carbocycles. The summed E-state index contributed by atoms with van der Waals surface area (Å²) in [7, 11) is 0. The Morgan fingerprint density at radius 1 is 1.30 bits per heavy atom. The molecule has 0 aromatic rings. The summed E-state index contributed by atoms with van der Waals surface area (Å²) < 4.78 is 0. The highest BCUT2D eigenvalue weighted by Gasteiger charge is 1.90. The molecule has 0 saturated heterocycles. The molecule has 60 valence electrons. The van der Waals surface area contributed by atoms with E-state index in [1.807, 2.05) is 0 Å². The van der Waals surface area contributed by atoms with E-state index in [9.17, 15) is 0 Å². The normalized spacial score (nSPS) is 12.1. The lowest BCUT2D eigenvalue weighted by Gasteiger charge is -1.99. The van der Waals surface area contributed by atoms with E-state index in [0.717, 1.165) is 5.33 Å². The number of allylic oxidation sites excluding steroid dienone is 2. The lowest BCUT2D eigenvalue weighted by molar-refractivity contribution is 0.880. The van der Waals surface area contributed by atoms with E-state index in [-0.39, 0.29) is 0 Å². The molecule has 0 bridgehead atoms. The fourth-order valence-corrected chi connectivity index (χ4v) is 1.40. The van der Waals surface area contributed by atoms with Crippen LogP contribution in [0, 0.1) is 0 Å². The summed E-state index contributed by atoms with van der Waals surface area (Å²) >= 11 is 3.48. The van der Waals surface area contributed by atoms with Crippen molar-refractivity contribution in [1.82, 2.24) is 0 Å². The molecule has 0 nitrogen and oxygen atoms in total. The Morgan fingerprint density at radius 3 is 2.40 bits per heavy atom. The van der Waals surface area contributed by atoms with Crippen LogP contribution in [0.15, 0.2) is 11.6 Å². The minimum atomic E-state index is 1.06. The van der Waals surface area contributed by atoms with Crippen molar-refractivity contribution < 1.29 is 0 Å². The van der Waals surface area contributed by atoms with E-state index in [1.54, 1.807) is 5.57 Å². The van der Waals surface area contributed by atoms with Gasteiger partial charge in [0, 0.05) is 5.33 Å². The van der Waals surface area contributed by atoms with Crippen LogP contribution in [-0.4, -0.2) is 5.33 Å². The van der Waals surface area contributed by atoms with E-state index < -0.39 is 0 Å². The lowest BCUT2D eigenvalue weighted by atomic mass is 10.1. The summed E-state index contributed by atoms with van der Waals surface area (Å²) in [5, 5.41) is 1.06. The quantitative estimate of drug-likeness (QED) is 0.471. The largest absolute Gasteiger partial charge is 0.0880 e. The Labute approximate surface area is 72.8 Å². The van der Waals surface area contributed by atoms with Crippen molar-refractivity contribution in [3.8, 4) is 0 Å². The average molecular weight is 205 g/mol. The Balaban J connectivity index is 3.55. The maximum absolute atomic E-state index is 3.48. The number of hydrogen-bond donors (Lipinski definition) is 0. The molecule has 1 heteroatoms. The van der Waals surface area contributed by atoms with E-state index in [1.165, 1.54) is 25.7 Å². The van der Waals surface area contributed by atoms with E-state index >= 15 is 0 Å². The Kier molecular flexibility index (Phi) is 7.49. The monoisotopic (exact) mass is 204 g/mol. The molecule has 0 aliphatic heterocycles. The first-order valence-corrected chi connectivity index (χ1v) is 5.21. The van der Waals surface area contributed by atoms with Gasteiger partial charge >= 0.3 is 0 Å². The Bertz CT molecular complexity index is 94.9. The Hall–Kier alpha value is 0.220. The molecule has 0 amide bonds. The van der Waals surface area contributed by atoms with Crippen LogP contribution >= 0.6 is 15.9 Å². The zero-order valence-electron chi connectivity index (χ0n) is 6.99. The molecule has 0 radical (unpaired) electrons. The van der Waals surface area contributed by atoms with Crippen molar-refractivity contribution >= 4 is 15.9 Å². The number of rotatable bonds is 5. The summed E-state index contributed by atoms with van der Waals surface area (Å²) in [6.45, 7) is 4.44. The summed E-state index contributed by atoms with van der Waals surface area (Å²) in [6, 6.07) is 0. The molecule has 0 unspecified atom stereocenters. The van der Waals surface area contributed by atoms with Gasteiger partial charge in [-0.15, -0.1) is 0 Å². The molecule has 0 aliphatic rings. The van der Waals surface area contributed by atoms with Gasteiger partial charge in [0.15, 0.2) is 0 Å². The molecule has 0 spiro atoms. The van der Waals surface area contributed by atoms with Crippen LogP contribution in [0.25, 0.3) is 0 Å². The van der Waals surface area contributed by atoms with Gasteiger partial charge in [-0.3, -0.25) is 0 Å². The van der Waals surface area contributed by atoms with Gasteiger partial charge < -0.3 is 0 Å². The zero-order valence-corrected chi connectivity index (χ0v) is 8.58. The predicted molar refractivity (Wildman–Crippen MR) is 51.7 cm³/mol. The maximum Gasteiger partial charge on any atom is 0.0241 e. The molecule has 0 fully saturated rings. The third-order valence-electron chi connectivity index (χ3n) is 1.46. The van der Waals surface area contributed by atoms with Gasteiger partial charge in [0.25, 0.3) is 0 Å². The highest BCUT2D eigenvalue weighted by atomic mass is 79.9. The second-order valence-corrected chi connectivity index (χ2v) is 3.10. The molecule has 0 heterocycles.